The van der Waals surface area contributed by atoms with Crippen molar-refractivity contribution in [2.24, 2.45) is 0 Å². The zero-order valence-electron chi connectivity index (χ0n) is 16.0. The largest absolute Gasteiger partial charge is 0.495 e. The van der Waals surface area contributed by atoms with Gasteiger partial charge in [0.05, 0.1) is 18.4 Å². The second-order valence-corrected chi connectivity index (χ2v) is 6.99. The van der Waals surface area contributed by atoms with Gasteiger partial charge >= 0.3 is 0 Å². The van der Waals surface area contributed by atoms with Crippen molar-refractivity contribution in [1.29, 1.82) is 0 Å². The van der Waals surface area contributed by atoms with Gasteiger partial charge in [0.1, 0.15) is 11.6 Å². The van der Waals surface area contributed by atoms with E-state index in [1.54, 1.807) is 31.5 Å². The van der Waals surface area contributed by atoms with Crippen LogP contribution in [0.5, 0.6) is 5.75 Å². The van der Waals surface area contributed by atoms with Gasteiger partial charge in [-0.3, -0.25) is 4.79 Å². The summed E-state index contributed by atoms with van der Waals surface area (Å²) in [6, 6.07) is 7.29. The predicted molar refractivity (Wildman–Crippen MR) is 108 cm³/mol. The average molecular weight is 389 g/mol. The zero-order chi connectivity index (χ0) is 19.4. The highest BCUT2D eigenvalue weighted by Crippen LogP contribution is 2.32. The number of methoxy groups -OCH3 is 1. The molecule has 0 unspecified atom stereocenters. The molecule has 1 aromatic heterocycles. The first kappa shape index (κ1) is 19.5. The van der Waals surface area contributed by atoms with Crippen LogP contribution in [0.15, 0.2) is 30.5 Å². The molecular weight excluding hydrogens is 364 g/mol. The van der Waals surface area contributed by atoms with Crippen molar-refractivity contribution in [3.63, 3.8) is 0 Å². The number of likely N-dealkylation sites (N-methyl/N-ethyl adjacent to an activating group) is 1. The molecule has 0 radical (unpaired) electrons. The molecule has 1 amide bonds. The number of carbonyl (C=O) groups is 1. The summed E-state index contributed by atoms with van der Waals surface area (Å²) in [7, 11) is 1.60. The van der Waals surface area contributed by atoms with E-state index in [1.807, 2.05) is 17.9 Å². The van der Waals surface area contributed by atoms with E-state index in [2.05, 4.69) is 22.1 Å². The van der Waals surface area contributed by atoms with Gasteiger partial charge in [0.15, 0.2) is 0 Å². The number of amides is 1. The summed E-state index contributed by atoms with van der Waals surface area (Å²) >= 11 is 6.15. The quantitative estimate of drug-likeness (QED) is 0.848. The molecule has 0 spiro atoms. The second-order valence-electron chi connectivity index (χ2n) is 6.59. The van der Waals surface area contributed by atoms with E-state index in [0.29, 0.717) is 22.2 Å². The van der Waals surface area contributed by atoms with Crippen LogP contribution in [-0.2, 0) is 0 Å². The van der Waals surface area contributed by atoms with Crippen molar-refractivity contribution in [3.8, 4) is 5.75 Å². The SMILES string of the molecule is CCN1CCN(C(=O)c2ccc(Nc3cc(C)c(Cl)cc3OC)nc2)CC1. The maximum atomic E-state index is 12.7. The van der Waals surface area contributed by atoms with Crippen LogP contribution < -0.4 is 10.1 Å². The standard InChI is InChI=1S/C20H25ClN4O2/c1-4-24-7-9-25(10-8-24)20(26)15-5-6-19(22-13-15)23-17-11-14(2)16(21)12-18(17)27-3/h5-6,11-13H,4,7-10H2,1-3H3,(H,22,23). The molecule has 1 aliphatic heterocycles. The fourth-order valence-corrected chi connectivity index (χ4v) is 3.27. The summed E-state index contributed by atoms with van der Waals surface area (Å²) in [5.41, 5.74) is 2.32. The highest BCUT2D eigenvalue weighted by atomic mass is 35.5. The predicted octanol–water partition coefficient (Wildman–Crippen LogP) is 3.57. The van der Waals surface area contributed by atoms with Gasteiger partial charge in [-0.25, -0.2) is 4.98 Å². The Hall–Kier alpha value is -2.31. The number of ether oxygens (including phenoxy) is 1. The number of anilines is 2. The van der Waals surface area contributed by atoms with Crippen LogP contribution in [0.25, 0.3) is 0 Å². The van der Waals surface area contributed by atoms with Gasteiger partial charge in [0.2, 0.25) is 0 Å². The van der Waals surface area contributed by atoms with Crippen LogP contribution in [0.3, 0.4) is 0 Å². The molecule has 144 valence electrons. The molecule has 1 aliphatic rings. The number of carbonyl (C=O) groups excluding carboxylic acids is 1. The summed E-state index contributed by atoms with van der Waals surface area (Å²) in [4.78, 5) is 21.3. The monoisotopic (exact) mass is 388 g/mol. The highest BCUT2D eigenvalue weighted by molar-refractivity contribution is 6.31. The van der Waals surface area contributed by atoms with Crippen LogP contribution in [0.1, 0.15) is 22.8 Å². The van der Waals surface area contributed by atoms with Crippen molar-refractivity contribution in [1.82, 2.24) is 14.8 Å². The number of nitrogens with one attached hydrogen (secondary N) is 1. The van der Waals surface area contributed by atoms with E-state index >= 15 is 0 Å². The number of hydrogen-bond acceptors (Lipinski definition) is 5. The van der Waals surface area contributed by atoms with Gasteiger partial charge in [0, 0.05) is 43.5 Å². The topological polar surface area (TPSA) is 57.7 Å². The van der Waals surface area contributed by atoms with E-state index in [1.165, 1.54) is 0 Å². The Bertz CT molecular complexity index is 802. The number of hydrogen-bond donors (Lipinski definition) is 1. The number of aromatic nitrogens is 1. The van der Waals surface area contributed by atoms with Gasteiger partial charge in [-0.05, 0) is 37.2 Å². The fraction of sp³-hybridized carbons (Fsp3) is 0.400. The Morgan fingerprint density at radius 2 is 2.00 bits per heavy atom. The molecule has 27 heavy (non-hydrogen) atoms. The number of rotatable bonds is 5. The Morgan fingerprint density at radius 3 is 2.59 bits per heavy atom. The average Bonchev–Trinajstić information content (AvgIpc) is 2.70. The molecule has 6 nitrogen and oxygen atoms in total. The van der Waals surface area contributed by atoms with E-state index in [4.69, 9.17) is 16.3 Å². The highest BCUT2D eigenvalue weighted by Gasteiger charge is 2.21. The van der Waals surface area contributed by atoms with Crippen LogP contribution in [-0.4, -0.2) is 60.5 Å². The normalized spacial score (nSPS) is 14.9. The summed E-state index contributed by atoms with van der Waals surface area (Å²) < 4.78 is 5.37. The number of halogens is 1. The summed E-state index contributed by atoms with van der Waals surface area (Å²) in [5.74, 6) is 1.31. The zero-order valence-corrected chi connectivity index (χ0v) is 16.7. The number of pyridine rings is 1. The van der Waals surface area contributed by atoms with Gasteiger partial charge in [0.25, 0.3) is 5.91 Å². The summed E-state index contributed by atoms with van der Waals surface area (Å²) in [5, 5.41) is 3.87. The molecule has 2 aromatic rings. The van der Waals surface area contributed by atoms with E-state index in [-0.39, 0.29) is 5.91 Å². The van der Waals surface area contributed by atoms with Crippen LogP contribution in [0.2, 0.25) is 5.02 Å². The smallest absolute Gasteiger partial charge is 0.255 e. The van der Waals surface area contributed by atoms with Crippen molar-refractivity contribution < 1.29 is 9.53 Å². The van der Waals surface area contributed by atoms with Crippen LogP contribution in [0.4, 0.5) is 11.5 Å². The maximum absolute atomic E-state index is 12.7. The number of piperazine rings is 1. The van der Waals surface area contributed by atoms with Gasteiger partial charge in [-0.1, -0.05) is 18.5 Å². The molecular formula is C20H25ClN4O2. The Labute approximate surface area is 165 Å². The molecule has 0 aliphatic carbocycles. The third-order valence-electron chi connectivity index (χ3n) is 4.86. The lowest BCUT2D eigenvalue weighted by Crippen LogP contribution is -2.48. The Balaban J connectivity index is 1.69. The molecule has 2 heterocycles. The first-order valence-corrected chi connectivity index (χ1v) is 9.48. The molecule has 1 saturated heterocycles. The molecule has 1 fully saturated rings. The van der Waals surface area contributed by atoms with E-state index in [0.717, 1.165) is 44.0 Å². The molecule has 0 saturated carbocycles. The second kappa shape index (κ2) is 8.59. The van der Waals surface area contributed by atoms with Crippen LogP contribution in [0, 0.1) is 6.92 Å². The third-order valence-corrected chi connectivity index (χ3v) is 5.27. The minimum atomic E-state index is 0.0321. The third kappa shape index (κ3) is 4.51. The molecule has 1 aromatic carbocycles. The summed E-state index contributed by atoms with van der Waals surface area (Å²) in [6.45, 7) is 8.46. The van der Waals surface area contributed by atoms with Gasteiger partial charge in [-0.2, -0.15) is 0 Å². The number of benzene rings is 1. The maximum Gasteiger partial charge on any atom is 0.255 e. The van der Waals surface area contributed by atoms with Crippen LogP contribution >= 0.6 is 11.6 Å². The molecule has 7 heteroatoms. The Kier molecular flexibility index (Phi) is 6.19. The van der Waals surface area contributed by atoms with Crippen molar-refractivity contribution in [3.05, 3.63) is 46.6 Å². The van der Waals surface area contributed by atoms with Gasteiger partial charge in [-0.15, -0.1) is 0 Å². The van der Waals surface area contributed by atoms with E-state index in [9.17, 15) is 4.79 Å². The first-order valence-electron chi connectivity index (χ1n) is 9.10. The van der Waals surface area contributed by atoms with E-state index < -0.39 is 0 Å². The van der Waals surface area contributed by atoms with Crippen molar-refractivity contribution in [2.45, 2.75) is 13.8 Å². The number of aryl methyl sites for hydroxylation is 1. The fourth-order valence-electron chi connectivity index (χ4n) is 3.11. The lowest BCUT2D eigenvalue weighted by Gasteiger charge is -2.34. The minimum Gasteiger partial charge on any atom is -0.495 e. The molecule has 0 atom stereocenters. The van der Waals surface area contributed by atoms with Crippen molar-refractivity contribution >= 4 is 29.0 Å². The lowest BCUT2D eigenvalue weighted by atomic mass is 10.2. The minimum absolute atomic E-state index is 0.0321. The molecule has 1 N–H and O–H groups in total. The summed E-state index contributed by atoms with van der Waals surface area (Å²) in [6.07, 6.45) is 1.62. The number of nitrogens with zero attached hydrogens (tertiary/aromatic N) is 3. The van der Waals surface area contributed by atoms with Crippen molar-refractivity contribution in [2.75, 3.05) is 45.2 Å². The molecule has 3 rings (SSSR count). The molecule has 0 bridgehead atoms. The first-order chi connectivity index (χ1) is 13.0. The lowest BCUT2D eigenvalue weighted by molar-refractivity contribution is 0.0643. The van der Waals surface area contributed by atoms with Gasteiger partial charge < -0.3 is 19.9 Å². The Morgan fingerprint density at radius 1 is 1.26 bits per heavy atom.